The lowest BCUT2D eigenvalue weighted by atomic mass is 9.88. The Hall–Kier alpha value is -0.120. The molecule has 2 saturated carbocycles. The molecule has 3 rings (SSSR count). The molecule has 3 fully saturated rings. The van der Waals surface area contributed by atoms with Gasteiger partial charge in [0.05, 0.1) is 19.3 Å². The summed E-state index contributed by atoms with van der Waals surface area (Å²) >= 11 is 0. The van der Waals surface area contributed by atoms with Crippen molar-refractivity contribution in [3.8, 4) is 0 Å². The number of fused-ring (bicyclic) bond motifs is 2. The van der Waals surface area contributed by atoms with E-state index in [0.717, 1.165) is 37.6 Å². The maximum Gasteiger partial charge on any atom is 0.104 e. The quantitative estimate of drug-likeness (QED) is 0.646. The van der Waals surface area contributed by atoms with Crippen molar-refractivity contribution in [1.29, 1.82) is 0 Å². The fourth-order valence-electron chi connectivity index (χ4n) is 3.36. The van der Waals surface area contributed by atoms with Crippen LogP contribution in [0, 0.1) is 17.8 Å². The molecule has 0 aromatic rings. The molecule has 2 bridgehead atoms. The van der Waals surface area contributed by atoms with Crippen molar-refractivity contribution >= 4 is 0 Å². The van der Waals surface area contributed by atoms with Crippen molar-refractivity contribution in [2.24, 2.45) is 17.8 Å². The van der Waals surface area contributed by atoms with Crippen LogP contribution in [0.25, 0.3) is 0 Å². The van der Waals surface area contributed by atoms with Gasteiger partial charge >= 0.3 is 0 Å². The van der Waals surface area contributed by atoms with Crippen molar-refractivity contribution in [2.75, 3.05) is 26.9 Å². The highest BCUT2D eigenvalue weighted by Gasteiger charge is 2.46. The first-order valence-electron chi connectivity index (χ1n) is 6.09. The van der Waals surface area contributed by atoms with Crippen LogP contribution in [0.5, 0.6) is 0 Å². The molecule has 0 N–H and O–H groups in total. The molecule has 5 atom stereocenters. The number of hydrogen-bond donors (Lipinski definition) is 0. The minimum absolute atomic E-state index is 0.416. The van der Waals surface area contributed by atoms with Crippen LogP contribution in [0.15, 0.2) is 0 Å². The summed E-state index contributed by atoms with van der Waals surface area (Å²) in [6, 6.07) is 0. The fourth-order valence-corrected chi connectivity index (χ4v) is 3.36. The van der Waals surface area contributed by atoms with Crippen molar-refractivity contribution in [1.82, 2.24) is 0 Å². The second kappa shape index (κ2) is 4.04. The highest BCUT2D eigenvalue weighted by molar-refractivity contribution is 4.96. The second-order valence-electron chi connectivity index (χ2n) is 5.27. The van der Waals surface area contributed by atoms with E-state index in [1.807, 2.05) is 7.11 Å². The third-order valence-corrected chi connectivity index (χ3v) is 4.22. The van der Waals surface area contributed by atoms with E-state index in [2.05, 4.69) is 0 Å². The maximum atomic E-state index is 5.92. The number of rotatable bonds is 5. The molecule has 3 nitrogen and oxygen atoms in total. The predicted molar refractivity (Wildman–Crippen MR) is 55.7 cm³/mol. The SMILES string of the molecule is COCC1CC2CC1CC2OCC1CO1. The number of hydrogen-bond acceptors (Lipinski definition) is 3. The van der Waals surface area contributed by atoms with Crippen molar-refractivity contribution in [3.05, 3.63) is 0 Å². The molecule has 1 heterocycles. The van der Waals surface area contributed by atoms with Gasteiger partial charge in [-0.3, -0.25) is 0 Å². The zero-order valence-electron chi connectivity index (χ0n) is 9.35. The maximum absolute atomic E-state index is 5.92. The van der Waals surface area contributed by atoms with E-state index in [-0.39, 0.29) is 0 Å². The van der Waals surface area contributed by atoms with Gasteiger partial charge in [-0.05, 0) is 37.0 Å². The van der Waals surface area contributed by atoms with Gasteiger partial charge in [0.1, 0.15) is 6.10 Å². The van der Waals surface area contributed by atoms with Crippen LogP contribution in [0.1, 0.15) is 19.3 Å². The van der Waals surface area contributed by atoms with Gasteiger partial charge < -0.3 is 14.2 Å². The summed E-state index contributed by atoms with van der Waals surface area (Å²) in [6.45, 7) is 2.68. The third kappa shape index (κ3) is 2.05. The highest BCUT2D eigenvalue weighted by atomic mass is 16.6. The molecule has 3 heteroatoms. The lowest BCUT2D eigenvalue weighted by Gasteiger charge is -2.27. The van der Waals surface area contributed by atoms with Crippen LogP contribution >= 0.6 is 0 Å². The Morgan fingerprint density at radius 1 is 1.13 bits per heavy atom. The van der Waals surface area contributed by atoms with Crippen LogP contribution in [0.2, 0.25) is 0 Å². The summed E-state index contributed by atoms with van der Waals surface area (Å²) in [5.41, 5.74) is 0. The van der Waals surface area contributed by atoms with Crippen LogP contribution in [-0.2, 0) is 14.2 Å². The number of ether oxygens (including phenoxy) is 3. The molecule has 86 valence electrons. The first kappa shape index (κ1) is 10.1. The van der Waals surface area contributed by atoms with Gasteiger partial charge in [-0.1, -0.05) is 0 Å². The van der Waals surface area contributed by atoms with Crippen molar-refractivity contribution in [3.63, 3.8) is 0 Å². The predicted octanol–water partition coefficient (Wildman–Crippen LogP) is 1.46. The molecule has 1 aliphatic heterocycles. The van der Waals surface area contributed by atoms with E-state index < -0.39 is 0 Å². The normalized spacial score (nSPS) is 47.4. The van der Waals surface area contributed by atoms with Gasteiger partial charge in [0.25, 0.3) is 0 Å². The van der Waals surface area contributed by atoms with E-state index in [4.69, 9.17) is 14.2 Å². The second-order valence-corrected chi connectivity index (χ2v) is 5.27. The van der Waals surface area contributed by atoms with Crippen LogP contribution in [0.4, 0.5) is 0 Å². The molecule has 15 heavy (non-hydrogen) atoms. The molecule has 2 aliphatic carbocycles. The minimum Gasteiger partial charge on any atom is -0.384 e. The van der Waals surface area contributed by atoms with Gasteiger partial charge in [-0.2, -0.15) is 0 Å². The van der Waals surface area contributed by atoms with Crippen LogP contribution in [-0.4, -0.2) is 39.1 Å². The summed E-state index contributed by atoms with van der Waals surface area (Å²) in [4.78, 5) is 0. The first-order valence-corrected chi connectivity index (χ1v) is 6.09. The van der Waals surface area contributed by atoms with Crippen molar-refractivity contribution in [2.45, 2.75) is 31.5 Å². The lowest BCUT2D eigenvalue weighted by molar-refractivity contribution is -0.00738. The Kier molecular flexibility index (Phi) is 2.71. The molecule has 0 amide bonds. The molecule has 1 saturated heterocycles. The summed E-state index contributed by atoms with van der Waals surface area (Å²) in [5, 5.41) is 0. The average Bonchev–Trinajstić information content (AvgIpc) is 2.88. The molecule has 0 spiro atoms. The third-order valence-electron chi connectivity index (χ3n) is 4.22. The molecule has 0 aromatic heterocycles. The van der Waals surface area contributed by atoms with Gasteiger partial charge in [-0.25, -0.2) is 0 Å². The topological polar surface area (TPSA) is 31.0 Å². The molecule has 0 radical (unpaired) electrons. The van der Waals surface area contributed by atoms with Gasteiger partial charge in [0, 0.05) is 13.7 Å². The molecular weight excluding hydrogens is 192 g/mol. The van der Waals surface area contributed by atoms with E-state index in [9.17, 15) is 0 Å². The molecule has 5 unspecified atom stereocenters. The van der Waals surface area contributed by atoms with E-state index in [1.54, 1.807) is 0 Å². The average molecular weight is 212 g/mol. The van der Waals surface area contributed by atoms with E-state index in [1.165, 1.54) is 19.3 Å². The van der Waals surface area contributed by atoms with Crippen LogP contribution in [0.3, 0.4) is 0 Å². The summed E-state index contributed by atoms with van der Waals surface area (Å²) in [5.74, 6) is 2.46. The van der Waals surface area contributed by atoms with Gasteiger partial charge in [0.2, 0.25) is 0 Å². The number of methoxy groups -OCH3 is 1. The Morgan fingerprint density at radius 2 is 2.00 bits per heavy atom. The Bertz CT molecular complexity index is 227. The first-order chi connectivity index (χ1) is 7.36. The lowest BCUT2D eigenvalue weighted by Crippen LogP contribution is -2.27. The molecule has 3 aliphatic rings. The largest absolute Gasteiger partial charge is 0.384 e. The van der Waals surface area contributed by atoms with Gasteiger partial charge in [-0.15, -0.1) is 0 Å². The van der Waals surface area contributed by atoms with E-state index in [0.29, 0.717) is 12.2 Å². The standard InChI is InChI=1S/C12H20O3/c1-13-5-10-3-9-2-8(10)4-12(9)15-7-11-6-14-11/h8-12H,2-7H2,1H3. The van der Waals surface area contributed by atoms with E-state index >= 15 is 0 Å². The summed E-state index contributed by atoms with van der Waals surface area (Å²) in [7, 11) is 1.81. The summed E-state index contributed by atoms with van der Waals surface area (Å²) in [6.07, 6.45) is 4.87. The number of epoxide rings is 1. The minimum atomic E-state index is 0.416. The van der Waals surface area contributed by atoms with Gasteiger partial charge in [0.15, 0.2) is 0 Å². The van der Waals surface area contributed by atoms with Crippen molar-refractivity contribution < 1.29 is 14.2 Å². The summed E-state index contributed by atoms with van der Waals surface area (Å²) < 4.78 is 16.3. The molecule has 0 aromatic carbocycles. The highest BCUT2D eigenvalue weighted by Crippen LogP contribution is 2.49. The zero-order valence-corrected chi connectivity index (χ0v) is 9.35. The Balaban J connectivity index is 1.46. The van der Waals surface area contributed by atoms with Crippen LogP contribution < -0.4 is 0 Å². The Labute approximate surface area is 91.1 Å². The fraction of sp³-hybridized carbons (Fsp3) is 1.00. The monoisotopic (exact) mass is 212 g/mol. The zero-order chi connectivity index (χ0) is 10.3. The Morgan fingerprint density at radius 3 is 2.60 bits per heavy atom. The smallest absolute Gasteiger partial charge is 0.104 e. The molecular formula is C12H20O3.